The Morgan fingerprint density at radius 2 is 1.63 bits per heavy atom. The van der Waals surface area contributed by atoms with Gasteiger partial charge in [-0.2, -0.15) is 0 Å². The van der Waals surface area contributed by atoms with Crippen molar-refractivity contribution in [2.75, 3.05) is 5.32 Å². The minimum atomic E-state index is -1.79. The van der Waals surface area contributed by atoms with Crippen LogP contribution in [0.3, 0.4) is 0 Å². The molecule has 0 aliphatic carbocycles. The lowest BCUT2D eigenvalue weighted by atomic mass is 10.2. The Morgan fingerprint density at radius 1 is 1.16 bits per heavy atom. The Labute approximate surface area is 104 Å². The maximum Gasteiger partial charge on any atom is 0.325 e. The summed E-state index contributed by atoms with van der Waals surface area (Å²) in [5, 5.41) is 11.8. The number of carbonyl (C=O) groups is 2. The molecule has 5 nitrogen and oxygen atoms in total. The average molecular weight is 280 g/mol. The largest absolute Gasteiger partial charge is 0.480 e. The number of benzene rings is 1. The molecule has 0 heterocycles. The van der Waals surface area contributed by atoms with E-state index in [0.717, 1.165) is 6.92 Å². The van der Waals surface area contributed by atoms with Gasteiger partial charge in [-0.05, 0) is 6.92 Å². The zero-order valence-electron chi connectivity index (χ0n) is 9.43. The van der Waals surface area contributed by atoms with Gasteiger partial charge in [-0.3, -0.25) is 4.79 Å². The van der Waals surface area contributed by atoms with Crippen LogP contribution in [0.2, 0.25) is 0 Å². The van der Waals surface area contributed by atoms with Gasteiger partial charge in [0, 0.05) is 6.07 Å². The van der Waals surface area contributed by atoms with E-state index < -0.39 is 47.0 Å². The van der Waals surface area contributed by atoms with Crippen molar-refractivity contribution in [2.24, 2.45) is 0 Å². The lowest BCUT2D eigenvalue weighted by molar-refractivity contribution is -0.138. The molecule has 0 radical (unpaired) electrons. The SMILES string of the molecule is C[C@@H](NC(=O)Nc1c(F)c(F)cc(F)c1F)C(=O)O. The van der Waals surface area contributed by atoms with Crippen LogP contribution < -0.4 is 10.6 Å². The van der Waals surface area contributed by atoms with Gasteiger partial charge in [0.05, 0.1) is 0 Å². The van der Waals surface area contributed by atoms with Crippen LogP contribution in [0.4, 0.5) is 28.0 Å². The number of hydrogen-bond acceptors (Lipinski definition) is 2. The fourth-order valence-corrected chi connectivity index (χ4v) is 1.09. The van der Waals surface area contributed by atoms with Crippen molar-refractivity contribution in [3.05, 3.63) is 29.3 Å². The highest BCUT2D eigenvalue weighted by molar-refractivity contribution is 5.92. The Kier molecular flexibility index (Phi) is 4.30. The highest BCUT2D eigenvalue weighted by Gasteiger charge is 2.22. The molecule has 0 bridgehead atoms. The van der Waals surface area contributed by atoms with E-state index in [4.69, 9.17) is 5.11 Å². The number of aliphatic carboxylic acids is 1. The molecule has 0 aliphatic rings. The van der Waals surface area contributed by atoms with Crippen molar-refractivity contribution >= 4 is 17.7 Å². The topological polar surface area (TPSA) is 78.4 Å². The number of rotatable bonds is 3. The van der Waals surface area contributed by atoms with Crippen LogP contribution in [0.1, 0.15) is 6.92 Å². The van der Waals surface area contributed by atoms with Gasteiger partial charge in [-0.25, -0.2) is 22.4 Å². The fraction of sp³-hybridized carbons (Fsp3) is 0.200. The first kappa shape index (κ1) is 14.7. The molecule has 3 N–H and O–H groups in total. The molecule has 2 amide bonds. The molecule has 0 spiro atoms. The van der Waals surface area contributed by atoms with Gasteiger partial charge in [0.15, 0.2) is 23.3 Å². The van der Waals surface area contributed by atoms with E-state index in [9.17, 15) is 27.2 Å². The van der Waals surface area contributed by atoms with Gasteiger partial charge in [0.25, 0.3) is 0 Å². The van der Waals surface area contributed by atoms with Crippen LogP contribution in [0.15, 0.2) is 6.07 Å². The van der Waals surface area contributed by atoms with Crippen LogP contribution in [0.25, 0.3) is 0 Å². The highest BCUT2D eigenvalue weighted by atomic mass is 19.2. The van der Waals surface area contributed by atoms with Crippen molar-refractivity contribution in [1.82, 2.24) is 5.32 Å². The van der Waals surface area contributed by atoms with Crippen molar-refractivity contribution in [3.63, 3.8) is 0 Å². The summed E-state index contributed by atoms with van der Waals surface area (Å²) in [4.78, 5) is 21.6. The van der Waals surface area contributed by atoms with Gasteiger partial charge in [-0.1, -0.05) is 0 Å². The molecule has 0 aliphatic heterocycles. The maximum atomic E-state index is 13.2. The summed E-state index contributed by atoms with van der Waals surface area (Å²) in [7, 11) is 0. The second kappa shape index (κ2) is 5.55. The molecule has 19 heavy (non-hydrogen) atoms. The smallest absolute Gasteiger partial charge is 0.325 e. The zero-order valence-corrected chi connectivity index (χ0v) is 9.43. The Balaban J connectivity index is 2.94. The summed E-state index contributed by atoms with van der Waals surface area (Å²) < 4.78 is 51.9. The van der Waals surface area contributed by atoms with E-state index >= 15 is 0 Å². The number of urea groups is 1. The number of carbonyl (C=O) groups excluding carboxylic acids is 1. The molecule has 0 unspecified atom stereocenters. The first-order chi connectivity index (χ1) is 8.73. The molecule has 0 saturated carbocycles. The number of carboxylic acid groups (broad SMARTS) is 1. The van der Waals surface area contributed by atoms with Crippen LogP contribution in [0, 0.1) is 23.3 Å². The lowest BCUT2D eigenvalue weighted by Crippen LogP contribution is -2.41. The number of hydrogen-bond donors (Lipinski definition) is 3. The van der Waals surface area contributed by atoms with Crippen molar-refractivity contribution in [2.45, 2.75) is 13.0 Å². The van der Waals surface area contributed by atoms with Gasteiger partial charge >= 0.3 is 12.0 Å². The Hall–Kier alpha value is -2.32. The molecule has 1 aromatic carbocycles. The molecule has 0 aromatic heterocycles. The summed E-state index contributed by atoms with van der Waals surface area (Å²) in [6.45, 7) is 1.08. The monoisotopic (exact) mass is 280 g/mol. The molecule has 1 aromatic rings. The molecule has 9 heteroatoms. The lowest BCUT2D eigenvalue weighted by Gasteiger charge is -2.12. The van der Waals surface area contributed by atoms with Crippen LogP contribution >= 0.6 is 0 Å². The summed E-state index contributed by atoms with van der Waals surface area (Å²) in [5.41, 5.74) is -1.34. The molecule has 1 atom stereocenters. The predicted molar refractivity (Wildman–Crippen MR) is 55.5 cm³/mol. The van der Waals surface area contributed by atoms with E-state index in [2.05, 4.69) is 0 Å². The first-order valence-electron chi connectivity index (χ1n) is 4.87. The first-order valence-corrected chi connectivity index (χ1v) is 4.87. The second-order valence-corrected chi connectivity index (χ2v) is 3.50. The quantitative estimate of drug-likeness (QED) is 0.584. The average Bonchev–Trinajstić information content (AvgIpc) is 2.32. The van der Waals surface area contributed by atoms with Crippen molar-refractivity contribution < 1.29 is 32.3 Å². The van der Waals surface area contributed by atoms with E-state index in [0.29, 0.717) is 0 Å². The van der Waals surface area contributed by atoms with E-state index in [-0.39, 0.29) is 6.07 Å². The van der Waals surface area contributed by atoms with Crippen LogP contribution in [-0.4, -0.2) is 23.1 Å². The maximum absolute atomic E-state index is 13.2. The molecular formula is C10H8F4N2O3. The van der Waals surface area contributed by atoms with E-state index in [1.54, 1.807) is 5.32 Å². The summed E-state index contributed by atoms with van der Waals surface area (Å²) >= 11 is 0. The summed E-state index contributed by atoms with van der Waals surface area (Å²) in [6.07, 6.45) is 0. The number of anilines is 1. The van der Waals surface area contributed by atoms with Gasteiger partial charge < -0.3 is 15.7 Å². The van der Waals surface area contributed by atoms with Crippen LogP contribution in [-0.2, 0) is 4.79 Å². The Morgan fingerprint density at radius 3 is 2.05 bits per heavy atom. The number of amides is 2. The van der Waals surface area contributed by atoms with Gasteiger partial charge in [0.2, 0.25) is 0 Å². The number of carboxylic acids is 1. The second-order valence-electron chi connectivity index (χ2n) is 3.50. The van der Waals surface area contributed by atoms with Crippen molar-refractivity contribution in [3.8, 4) is 0 Å². The van der Waals surface area contributed by atoms with Gasteiger partial charge in [-0.15, -0.1) is 0 Å². The third-order valence-corrected chi connectivity index (χ3v) is 2.07. The van der Waals surface area contributed by atoms with E-state index in [1.165, 1.54) is 5.32 Å². The Bertz CT molecular complexity index is 510. The molecule has 1 rings (SSSR count). The minimum Gasteiger partial charge on any atom is -0.480 e. The summed E-state index contributed by atoms with van der Waals surface area (Å²) in [6, 6.07) is -2.70. The number of nitrogens with one attached hydrogen (secondary N) is 2. The third kappa shape index (κ3) is 3.33. The number of halogens is 4. The zero-order chi connectivity index (χ0) is 14.7. The summed E-state index contributed by atoms with van der Waals surface area (Å²) in [5.74, 6) is -8.38. The van der Waals surface area contributed by atoms with Crippen LogP contribution in [0.5, 0.6) is 0 Å². The molecule has 0 fully saturated rings. The third-order valence-electron chi connectivity index (χ3n) is 2.07. The normalized spacial score (nSPS) is 11.8. The standard InChI is InChI=1S/C10H8F4N2O3/c1-3(9(17)18)15-10(19)16-8-6(13)4(11)2-5(12)7(8)14/h2-3H,1H3,(H,17,18)(H2,15,16,19)/t3-/m1/s1. The van der Waals surface area contributed by atoms with E-state index in [1.807, 2.05) is 0 Å². The fourth-order valence-electron chi connectivity index (χ4n) is 1.09. The molecule has 0 saturated heterocycles. The van der Waals surface area contributed by atoms with Gasteiger partial charge in [0.1, 0.15) is 11.7 Å². The highest BCUT2D eigenvalue weighted by Crippen LogP contribution is 2.23. The molecule has 104 valence electrons. The molecular weight excluding hydrogens is 272 g/mol. The minimum absolute atomic E-state index is 0.0202. The predicted octanol–water partition coefficient (Wildman–Crippen LogP) is 1.84. The van der Waals surface area contributed by atoms with Crippen molar-refractivity contribution in [1.29, 1.82) is 0 Å².